The monoisotopic (exact) mass is 615 g/mol. The maximum atomic E-state index is 14.3. The summed E-state index contributed by atoms with van der Waals surface area (Å²) in [6.45, 7) is 2.06. The molecule has 3 amide bonds. The standard InChI is InChI=1S/C38H34FN3O4/c1-24(26-14-15-26)34(35(43)40-23-25-12-16-30(39)17-13-25)42-36(44)38(46-37(42)45)21-20-29-22-31(18-19-32(29)38)41-33(27-8-4-2-5-9-27)28-10-6-3-7-11-28/h2-13,16-19,22,24,26,34H,14-15,20-21,23H2,1H3,(H,40,43)/t24-,34?,38-/m0/s1. The molecule has 1 saturated carbocycles. The molecule has 0 bridgehead atoms. The number of carbonyl (C=O) groups is 3. The van der Waals surface area contributed by atoms with Crippen LogP contribution in [-0.4, -0.2) is 34.6 Å². The van der Waals surface area contributed by atoms with Crippen LogP contribution in [0.3, 0.4) is 0 Å². The van der Waals surface area contributed by atoms with E-state index in [4.69, 9.17) is 9.73 Å². The Morgan fingerprint density at radius 3 is 2.24 bits per heavy atom. The molecule has 4 aromatic rings. The quantitative estimate of drug-likeness (QED) is 0.209. The molecule has 1 saturated heterocycles. The van der Waals surface area contributed by atoms with Gasteiger partial charge >= 0.3 is 6.09 Å². The lowest BCUT2D eigenvalue weighted by molar-refractivity contribution is -0.143. The third-order valence-corrected chi connectivity index (χ3v) is 9.42. The van der Waals surface area contributed by atoms with Crippen LogP contribution >= 0.6 is 0 Å². The summed E-state index contributed by atoms with van der Waals surface area (Å²) in [5.41, 5.74) is 4.28. The Labute approximate surface area is 267 Å². The third kappa shape index (κ3) is 5.49. The van der Waals surface area contributed by atoms with Gasteiger partial charge in [0, 0.05) is 29.7 Å². The molecule has 0 aromatic heterocycles. The minimum absolute atomic E-state index is 0.148. The predicted molar refractivity (Wildman–Crippen MR) is 172 cm³/mol. The molecule has 3 atom stereocenters. The molecule has 1 spiro atoms. The minimum atomic E-state index is -1.48. The smallest absolute Gasteiger partial charge is 0.418 e. The van der Waals surface area contributed by atoms with Gasteiger partial charge in [0.2, 0.25) is 11.5 Å². The molecular weight excluding hydrogens is 581 g/mol. The molecule has 1 N–H and O–H groups in total. The molecule has 4 aromatic carbocycles. The van der Waals surface area contributed by atoms with Crippen LogP contribution in [0.2, 0.25) is 0 Å². The first-order valence-electron chi connectivity index (χ1n) is 15.8. The molecule has 8 heteroatoms. The van der Waals surface area contributed by atoms with Crippen molar-refractivity contribution in [1.29, 1.82) is 0 Å². The number of fused-ring (bicyclic) bond motifs is 2. The normalized spacial score (nSPS) is 19.8. The maximum Gasteiger partial charge on any atom is 0.418 e. The molecule has 7 rings (SSSR count). The van der Waals surface area contributed by atoms with E-state index in [-0.39, 0.29) is 24.2 Å². The highest BCUT2D eigenvalue weighted by molar-refractivity contribution is 6.14. The lowest BCUT2D eigenvalue weighted by Crippen LogP contribution is -2.54. The Morgan fingerprint density at radius 1 is 0.957 bits per heavy atom. The highest BCUT2D eigenvalue weighted by atomic mass is 19.1. The fourth-order valence-electron chi connectivity index (χ4n) is 6.77. The number of carbonyl (C=O) groups excluding carboxylic acids is 3. The summed E-state index contributed by atoms with van der Waals surface area (Å²) < 4.78 is 19.3. The van der Waals surface area contributed by atoms with Crippen molar-refractivity contribution in [2.24, 2.45) is 16.8 Å². The number of benzene rings is 4. The second-order valence-electron chi connectivity index (χ2n) is 12.4. The van der Waals surface area contributed by atoms with E-state index in [1.807, 2.05) is 85.8 Å². The molecule has 1 aliphatic heterocycles. The highest BCUT2D eigenvalue weighted by Gasteiger charge is 2.61. The molecule has 7 nitrogen and oxygen atoms in total. The molecule has 3 aliphatic rings. The Kier molecular flexibility index (Phi) is 7.72. The molecular formula is C38H34FN3O4. The lowest BCUT2D eigenvalue weighted by atomic mass is 9.91. The largest absolute Gasteiger partial charge is 0.427 e. The fraction of sp³-hybridized carbons (Fsp3) is 0.263. The van der Waals surface area contributed by atoms with Crippen molar-refractivity contribution >= 4 is 29.3 Å². The van der Waals surface area contributed by atoms with Crippen molar-refractivity contribution in [1.82, 2.24) is 10.2 Å². The Bertz CT molecular complexity index is 1780. The summed E-state index contributed by atoms with van der Waals surface area (Å²) in [4.78, 5) is 47.5. The summed E-state index contributed by atoms with van der Waals surface area (Å²) in [5, 5.41) is 2.87. The Hall–Kier alpha value is -5.11. The highest BCUT2D eigenvalue weighted by Crippen LogP contribution is 2.48. The fourth-order valence-corrected chi connectivity index (χ4v) is 6.77. The van der Waals surface area contributed by atoms with Crippen LogP contribution in [0.25, 0.3) is 0 Å². The first-order chi connectivity index (χ1) is 22.3. The number of aryl methyl sites for hydroxylation is 1. The third-order valence-electron chi connectivity index (χ3n) is 9.42. The van der Waals surface area contributed by atoms with E-state index in [2.05, 4.69) is 5.32 Å². The van der Waals surface area contributed by atoms with Gasteiger partial charge in [0.05, 0.1) is 11.4 Å². The van der Waals surface area contributed by atoms with Crippen LogP contribution in [0.5, 0.6) is 0 Å². The molecule has 2 fully saturated rings. The van der Waals surface area contributed by atoms with E-state index in [1.165, 1.54) is 12.1 Å². The van der Waals surface area contributed by atoms with Gasteiger partial charge in [-0.15, -0.1) is 0 Å². The molecule has 1 unspecified atom stereocenters. The van der Waals surface area contributed by atoms with Crippen molar-refractivity contribution in [3.8, 4) is 0 Å². The van der Waals surface area contributed by atoms with Gasteiger partial charge in [0.25, 0.3) is 5.91 Å². The molecule has 46 heavy (non-hydrogen) atoms. The lowest BCUT2D eigenvalue weighted by Gasteiger charge is -2.29. The second kappa shape index (κ2) is 12.0. The number of amides is 3. The number of hydrogen-bond donors (Lipinski definition) is 1. The number of aliphatic imine (C=N–C) groups is 1. The zero-order chi connectivity index (χ0) is 31.8. The SMILES string of the molecule is C[C@@H](C1CC1)C(C(=O)NCc1ccc(F)cc1)N1C(=O)O[C@]2(CCc3cc(N=C(c4ccccc4)c4ccccc4)ccc32)C1=O. The van der Waals surface area contributed by atoms with E-state index in [9.17, 15) is 18.8 Å². The summed E-state index contributed by atoms with van der Waals surface area (Å²) in [6, 6.07) is 30.4. The average Bonchev–Trinajstić information content (AvgIpc) is 3.83. The van der Waals surface area contributed by atoms with E-state index >= 15 is 0 Å². The van der Waals surface area contributed by atoms with Crippen molar-refractivity contribution in [3.05, 3.63) is 137 Å². The number of nitrogens with zero attached hydrogens (tertiary/aromatic N) is 2. The van der Waals surface area contributed by atoms with Crippen molar-refractivity contribution in [2.45, 2.75) is 50.8 Å². The van der Waals surface area contributed by atoms with E-state index < -0.39 is 29.6 Å². The summed E-state index contributed by atoms with van der Waals surface area (Å²) in [5.74, 6) is -1.31. The Morgan fingerprint density at radius 2 is 1.61 bits per heavy atom. The predicted octanol–water partition coefficient (Wildman–Crippen LogP) is 6.85. The molecule has 2 aliphatic carbocycles. The number of ether oxygens (including phenoxy) is 1. The van der Waals surface area contributed by atoms with Gasteiger partial charge in [0.15, 0.2) is 0 Å². The van der Waals surface area contributed by atoms with E-state index in [0.717, 1.165) is 45.8 Å². The van der Waals surface area contributed by atoms with Gasteiger partial charge < -0.3 is 10.1 Å². The van der Waals surface area contributed by atoms with Gasteiger partial charge in [0.1, 0.15) is 11.9 Å². The summed E-state index contributed by atoms with van der Waals surface area (Å²) in [7, 11) is 0. The Balaban J connectivity index is 1.18. The first-order valence-corrected chi connectivity index (χ1v) is 15.8. The van der Waals surface area contributed by atoms with Crippen molar-refractivity contribution in [2.75, 3.05) is 0 Å². The van der Waals surface area contributed by atoms with Crippen LogP contribution in [0, 0.1) is 17.7 Å². The first kappa shape index (κ1) is 29.6. The number of nitrogens with one attached hydrogen (secondary N) is 1. The van der Waals surface area contributed by atoms with Crippen LogP contribution in [-0.2, 0) is 32.9 Å². The van der Waals surface area contributed by atoms with Gasteiger partial charge in [-0.1, -0.05) is 85.8 Å². The zero-order valence-electron chi connectivity index (χ0n) is 25.5. The second-order valence-corrected chi connectivity index (χ2v) is 12.4. The zero-order valence-corrected chi connectivity index (χ0v) is 25.5. The van der Waals surface area contributed by atoms with Gasteiger partial charge in [-0.05, 0) is 66.5 Å². The van der Waals surface area contributed by atoms with Gasteiger partial charge in [-0.25, -0.2) is 19.1 Å². The maximum absolute atomic E-state index is 14.3. The molecule has 1 heterocycles. The molecule has 0 radical (unpaired) electrons. The number of hydrogen-bond acceptors (Lipinski definition) is 5. The topological polar surface area (TPSA) is 88.1 Å². The van der Waals surface area contributed by atoms with Crippen LogP contribution in [0.4, 0.5) is 14.9 Å². The van der Waals surface area contributed by atoms with Crippen LogP contribution in [0.1, 0.15) is 54.0 Å². The van der Waals surface area contributed by atoms with E-state index in [0.29, 0.717) is 24.0 Å². The van der Waals surface area contributed by atoms with Gasteiger partial charge in [-0.3, -0.25) is 9.59 Å². The van der Waals surface area contributed by atoms with Gasteiger partial charge in [-0.2, -0.15) is 0 Å². The number of imide groups is 1. The molecule has 232 valence electrons. The summed E-state index contributed by atoms with van der Waals surface area (Å²) >= 11 is 0. The van der Waals surface area contributed by atoms with E-state index in [1.54, 1.807) is 12.1 Å². The number of halogens is 1. The average molecular weight is 616 g/mol. The van der Waals surface area contributed by atoms with Crippen molar-refractivity contribution < 1.29 is 23.5 Å². The van der Waals surface area contributed by atoms with Crippen LogP contribution < -0.4 is 5.32 Å². The van der Waals surface area contributed by atoms with Crippen molar-refractivity contribution in [3.63, 3.8) is 0 Å². The number of rotatable bonds is 9. The minimum Gasteiger partial charge on any atom is -0.427 e. The van der Waals surface area contributed by atoms with Crippen LogP contribution in [0.15, 0.2) is 108 Å². The summed E-state index contributed by atoms with van der Waals surface area (Å²) in [6.07, 6.45) is 1.89.